The number of carbonyl (C=O) groups is 1. The van der Waals surface area contributed by atoms with E-state index in [4.69, 9.17) is 5.73 Å². The maximum atomic E-state index is 11.4. The third kappa shape index (κ3) is 4.06. The van der Waals surface area contributed by atoms with Crippen LogP contribution in [0.5, 0.6) is 0 Å². The van der Waals surface area contributed by atoms with Crippen molar-refractivity contribution >= 4 is 21.4 Å². The summed E-state index contributed by atoms with van der Waals surface area (Å²) in [5.41, 5.74) is 7.40. The number of nitrogens with one attached hydrogen (secondary N) is 1. The molecule has 0 radical (unpaired) electrons. The Bertz CT molecular complexity index is 753. The summed E-state index contributed by atoms with van der Waals surface area (Å²) in [6, 6.07) is 13.5. The van der Waals surface area contributed by atoms with E-state index in [0.29, 0.717) is 12.1 Å². The van der Waals surface area contributed by atoms with E-state index in [1.54, 1.807) is 42.5 Å². The molecule has 0 saturated carbocycles. The van der Waals surface area contributed by atoms with Crippen LogP contribution in [0, 0.1) is 0 Å². The Labute approximate surface area is 123 Å². The number of benzene rings is 2. The minimum Gasteiger partial charge on any atom is -0.381 e. The lowest BCUT2D eigenvalue weighted by Gasteiger charge is -2.08. The predicted octanol–water partition coefficient (Wildman–Crippen LogP) is 1.80. The lowest BCUT2D eigenvalue weighted by Crippen LogP contribution is -2.11. The summed E-state index contributed by atoms with van der Waals surface area (Å²) < 4.78 is 22.7. The van der Waals surface area contributed by atoms with Crippen LogP contribution >= 0.6 is 0 Å². The van der Waals surface area contributed by atoms with Crippen molar-refractivity contribution in [1.82, 2.24) is 0 Å². The van der Waals surface area contributed by atoms with Gasteiger partial charge >= 0.3 is 0 Å². The molecule has 5 nitrogen and oxygen atoms in total. The lowest BCUT2D eigenvalue weighted by molar-refractivity contribution is 0.1000. The topological polar surface area (TPSA) is 89.3 Å². The van der Waals surface area contributed by atoms with Gasteiger partial charge < -0.3 is 11.1 Å². The van der Waals surface area contributed by atoms with Crippen LogP contribution in [0.25, 0.3) is 0 Å². The molecular weight excluding hydrogens is 288 g/mol. The van der Waals surface area contributed by atoms with Crippen LogP contribution in [0.3, 0.4) is 0 Å². The van der Waals surface area contributed by atoms with E-state index in [2.05, 4.69) is 5.32 Å². The highest BCUT2D eigenvalue weighted by atomic mass is 32.2. The van der Waals surface area contributed by atoms with Crippen molar-refractivity contribution < 1.29 is 13.2 Å². The zero-order valence-corrected chi connectivity index (χ0v) is 12.4. The van der Waals surface area contributed by atoms with Crippen LogP contribution in [-0.4, -0.2) is 20.6 Å². The summed E-state index contributed by atoms with van der Waals surface area (Å²) in [5.74, 6) is -0.464. The fraction of sp³-hybridized carbons (Fsp3) is 0.133. The number of hydrogen-bond acceptors (Lipinski definition) is 4. The molecule has 2 aromatic carbocycles. The maximum absolute atomic E-state index is 11.4. The van der Waals surface area contributed by atoms with Crippen molar-refractivity contribution in [2.75, 3.05) is 11.6 Å². The van der Waals surface area contributed by atoms with Crippen LogP contribution in [-0.2, 0) is 16.4 Å². The summed E-state index contributed by atoms with van der Waals surface area (Å²) in [6.45, 7) is 0.513. The van der Waals surface area contributed by atoms with Crippen molar-refractivity contribution in [2.45, 2.75) is 11.4 Å². The highest BCUT2D eigenvalue weighted by molar-refractivity contribution is 7.90. The first-order chi connectivity index (χ1) is 9.86. The number of amides is 1. The van der Waals surface area contributed by atoms with Gasteiger partial charge in [0.1, 0.15) is 0 Å². The molecule has 0 aromatic heterocycles. The first-order valence-electron chi connectivity index (χ1n) is 6.29. The molecule has 0 atom stereocenters. The Morgan fingerprint density at radius 3 is 2.38 bits per heavy atom. The molecule has 3 N–H and O–H groups in total. The first-order valence-corrected chi connectivity index (χ1v) is 8.18. The SMILES string of the molecule is CS(=O)(=O)c1ccc(NCc2cccc(C(N)=O)c2)cc1. The van der Waals surface area contributed by atoms with Gasteiger partial charge in [0.25, 0.3) is 0 Å². The molecule has 21 heavy (non-hydrogen) atoms. The van der Waals surface area contributed by atoms with E-state index in [1.165, 1.54) is 6.26 Å². The molecule has 0 aliphatic heterocycles. The standard InChI is InChI=1S/C15H16N2O3S/c1-21(19,20)14-7-5-13(6-8-14)17-10-11-3-2-4-12(9-11)15(16)18/h2-9,17H,10H2,1H3,(H2,16,18). The van der Waals surface area contributed by atoms with Crippen molar-refractivity contribution in [1.29, 1.82) is 0 Å². The van der Waals surface area contributed by atoms with E-state index >= 15 is 0 Å². The molecule has 0 aliphatic rings. The normalized spacial score (nSPS) is 11.1. The number of primary amides is 1. The van der Waals surface area contributed by atoms with Crippen molar-refractivity contribution in [3.05, 3.63) is 59.7 Å². The summed E-state index contributed by atoms with van der Waals surface area (Å²) in [6.07, 6.45) is 1.17. The number of sulfone groups is 1. The van der Waals surface area contributed by atoms with E-state index in [9.17, 15) is 13.2 Å². The second-order valence-corrected chi connectivity index (χ2v) is 6.73. The van der Waals surface area contributed by atoms with Gasteiger partial charge in [-0.2, -0.15) is 0 Å². The molecular formula is C15H16N2O3S. The Hall–Kier alpha value is -2.34. The Kier molecular flexibility index (Phi) is 4.28. The van der Waals surface area contributed by atoms with Gasteiger partial charge in [0.05, 0.1) is 4.90 Å². The third-order valence-electron chi connectivity index (χ3n) is 2.99. The van der Waals surface area contributed by atoms with Crippen molar-refractivity contribution in [2.24, 2.45) is 5.73 Å². The van der Waals surface area contributed by atoms with E-state index in [0.717, 1.165) is 11.3 Å². The summed E-state index contributed by atoms with van der Waals surface area (Å²) in [5, 5.41) is 3.16. The van der Waals surface area contributed by atoms with Crippen LogP contribution in [0.1, 0.15) is 15.9 Å². The predicted molar refractivity (Wildman–Crippen MR) is 81.8 cm³/mol. The fourth-order valence-corrected chi connectivity index (χ4v) is 2.49. The Balaban J connectivity index is 2.06. The maximum Gasteiger partial charge on any atom is 0.248 e. The molecule has 2 aromatic rings. The number of hydrogen-bond donors (Lipinski definition) is 2. The van der Waals surface area contributed by atoms with Gasteiger partial charge in [0.2, 0.25) is 5.91 Å². The zero-order valence-electron chi connectivity index (χ0n) is 11.5. The van der Waals surface area contributed by atoms with E-state index in [-0.39, 0.29) is 4.90 Å². The van der Waals surface area contributed by atoms with Gasteiger partial charge in [-0.25, -0.2) is 8.42 Å². The number of nitrogens with two attached hydrogens (primary N) is 1. The lowest BCUT2D eigenvalue weighted by atomic mass is 10.1. The molecule has 0 unspecified atom stereocenters. The van der Waals surface area contributed by atoms with Gasteiger partial charge in [-0.15, -0.1) is 0 Å². The zero-order chi connectivity index (χ0) is 15.5. The highest BCUT2D eigenvalue weighted by Crippen LogP contribution is 2.15. The average molecular weight is 304 g/mol. The largest absolute Gasteiger partial charge is 0.381 e. The van der Waals surface area contributed by atoms with Crippen LogP contribution in [0.2, 0.25) is 0 Å². The van der Waals surface area contributed by atoms with Crippen LogP contribution in [0.15, 0.2) is 53.4 Å². The van der Waals surface area contributed by atoms with Crippen molar-refractivity contribution in [3.63, 3.8) is 0 Å². The summed E-state index contributed by atoms with van der Waals surface area (Å²) in [7, 11) is -3.18. The Morgan fingerprint density at radius 2 is 1.81 bits per heavy atom. The number of carbonyl (C=O) groups excluding carboxylic acids is 1. The first kappa shape index (κ1) is 15.1. The monoisotopic (exact) mass is 304 g/mol. The molecule has 0 saturated heterocycles. The third-order valence-corrected chi connectivity index (χ3v) is 4.12. The van der Waals surface area contributed by atoms with E-state index in [1.807, 2.05) is 6.07 Å². The number of rotatable bonds is 5. The van der Waals surface area contributed by atoms with Gasteiger partial charge in [0, 0.05) is 24.1 Å². The Morgan fingerprint density at radius 1 is 1.14 bits per heavy atom. The minimum atomic E-state index is -3.18. The molecule has 6 heteroatoms. The molecule has 0 aliphatic carbocycles. The smallest absolute Gasteiger partial charge is 0.248 e. The quantitative estimate of drug-likeness (QED) is 0.881. The molecule has 0 spiro atoms. The highest BCUT2D eigenvalue weighted by Gasteiger charge is 2.06. The van der Waals surface area contributed by atoms with Gasteiger partial charge in [-0.3, -0.25) is 4.79 Å². The number of anilines is 1. The van der Waals surface area contributed by atoms with Crippen LogP contribution < -0.4 is 11.1 Å². The van der Waals surface area contributed by atoms with Gasteiger partial charge in [0.15, 0.2) is 9.84 Å². The van der Waals surface area contributed by atoms with Crippen molar-refractivity contribution in [3.8, 4) is 0 Å². The minimum absolute atomic E-state index is 0.281. The fourth-order valence-electron chi connectivity index (χ4n) is 1.86. The van der Waals surface area contributed by atoms with Gasteiger partial charge in [-0.1, -0.05) is 12.1 Å². The molecule has 1 amide bonds. The second kappa shape index (κ2) is 5.97. The second-order valence-electron chi connectivity index (χ2n) is 4.71. The molecule has 2 rings (SSSR count). The molecule has 0 heterocycles. The van der Waals surface area contributed by atoms with E-state index < -0.39 is 15.7 Å². The summed E-state index contributed by atoms with van der Waals surface area (Å²) >= 11 is 0. The van der Waals surface area contributed by atoms with Crippen LogP contribution in [0.4, 0.5) is 5.69 Å². The molecule has 110 valence electrons. The molecule has 0 bridgehead atoms. The van der Waals surface area contributed by atoms with Gasteiger partial charge in [-0.05, 0) is 42.0 Å². The summed E-state index contributed by atoms with van der Waals surface area (Å²) in [4.78, 5) is 11.4. The molecule has 0 fully saturated rings. The average Bonchev–Trinajstić information content (AvgIpc) is 2.45.